The summed E-state index contributed by atoms with van der Waals surface area (Å²) in [6, 6.07) is 6.12. The van der Waals surface area contributed by atoms with E-state index in [1.165, 1.54) is 4.90 Å². The molecule has 2 rings (SSSR count). The van der Waals surface area contributed by atoms with Crippen molar-refractivity contribution in [3.63, 3.8) is 0 Å². The van der Waals surface area contributed by atoms with Gasteiger partial charge in [0.2, 0.25) is 0 Å². The molecule has 0 saturated carbocycles. The van der Waals surface area contributed by atoms with Crippen LogP contribution >= 0.6 is 0 Å². The molecule has 1 heterocycles. The summed E-state index contributed by atoms with van der Waals surface area (Å²) in [6.45, 7) is 5.32. The van der Waals surface area contributed by atoms with E-state index >= 15 is 0 Å². The fraction of sp³-hybridized carbons (Fsp3) is 0.500. The molecule has 0 saturated heterocycles. The number of benzene rings is 1. The fourth-order valence-electron chi connectivity index (χ4n) is 2.85. The number of carbonyl (C=O) groups excluding carboxylic acids is 1. The average Bonchev–Trinajstić information content (AvgIpc) is 2.95. The first kappa shape index (κ1) is 25.7. The molecule has 9 nitrogen and oxygen atoms in total. The van der Waals surface area contributed by atoms with E-state index in [-0.39, 0.29) is 6.42 Å². The van der Waals surface area contributed by atoms with Crippen LogP contribution in [0.5, 0.6) is 5.75 Å². The van der Waals surface area contributed by atoms with Crippen molar-refractivity contribution in [1.82, 2.24) is 15.1 Å². The highest BCUT2D eigenvalue weighted by Gasteiger charge is 2.30. The van der Waals surface area contributed by atoms with Crippen LogP contribution in [0.3, 0.4) is 0 Å². The second kappa shape index (κ2) is 9.93. The summed E-state index contributed by atoms with van der Waals surface area (Å²) in [5.74, 6) is -0.0247. The van der Waals surface area contributed by atoms with Crippen LogP contribution in [-0.2, 0) is 25.8 Å². The van der Waals surface area contributed by atoms with Gasteiger partial charge < -0.3 is 24.8 Å². The molecule has 2 atom stereocenters. The Kier molecular flexibility index (Phi) is 7.97. The number of carbonyl (C=O) groups is 1. The summed E-state index contributed by atoms with van der Waals surface area (Å²) in [5, 5.41) is 15.1. The number of aliphatic hydroxyl groups excluding tert-OH is 1. The maximum Gasteiger partial charge on any atom is 0.329 e. The summed E-state index contributed by atoms with van der Waals surface area (Å²) in [5.41, 5.74) is 0.893. The number of nitrogens with zero attached hydrogens (tertiary/aromatic N) is 2. The van der Waals surface area contributed by atoms with E-state index in [1.54, 1.807) is 78.1 Å². The highest BCUT2D eigenvalue weighted by atomic mass is 32.2. The van der Waals surface area contributed by atoms with Gasteiger partial charge in [-0.2, -0.15) is 0 Å². The quantitative estimate of drug-likeness (QED) is 0.412. The summed E-state index contributed by atoms with van der Waals surface area (Å²) in [4.78, 5) is 16.1. The van der Waals surface area contributed by atoms with Gasteiger partial charge in [0, 0.05) is 20.5 Å². The lowest BCUT2D eigenvalue weighted by Gasteiger charge is -2.27. The van der Waals surface area contributed by atoms with Gasteiger partial charge in [0.15, 0.2) is 9.84 Å². The number of aliphatic hydroxyl groups is 1. The molecule has 0 bridgehead atoms. The van der Waals surface area contributed by atoms with E-state index in [4.69, 9.17) is 9.47 Å². The molecule has 1 aliphatic heterocycles. The number of hydrogen-bond donors (Lipinski definition) is 2. The molecule has 2 N–H and O–H groups in total. The van der Waals surface area contributed by atoms with Crippen molar-refractivity contribution < 1.29 is 27.8 Å². The second-order valence-electron chi connectivity index (χ2n) is 9.00. The number of nitrogens with one attached hydrogen (secondary N) is 1. The third kappa shape index (κ3) is 7.54. The molecule has 1 unspecified atom stereocenters. The van der Waals surface area contributed by atoms with Gasteiger partial charge in [-0.3, -0.25) is 4.90 Å². The molecule has 178 valence electrons. The van der Waals surface area contributed by atoms with Crippen LogP contribution in [0, 0.1) is 0 Å². The first-order valence-electron chi connectivity index (χ1n) is 10.1. The Balaban J connectivity index is 2.25. The largest absolute Gasteiger partial charge is 0.458 e. The van der Waals surface area contributed by atoms with E-state index in [0.29, 0.717) is 17.1 Å². The zero-order chi connectivity index (χ0) is 24.3. The van der Waals surface area contributed by atoms with Gasteiger partial charge in [0.25, 0.3) is 6.41 Å². The first-order chi connectivity index (χ1) is 14.7. The fourth-order valence-corrected chi connectivity index (χ4v) is 4.09. The lowest BCUT2D eigenvalue weighted by Crippen LogP contribution is -2.43. The standard InChI is InChI=1S/C22H33N3O6S/c1-22(2,3)31-20(26)17(23-18-13-32(28,29)14-19(18)24(4)5)12-15-8-10-16(11-9-15)30-21(27)25(6)7/h8-11,13-14,17,21,23,27H,12H2,1-7H3/t17-,21?/m0/s1. The smallest absolute Gasteiger partial charge is 0.329 e. The number of sulfone groups is 1. The highest BCUT2D eigenvalue weighted by Crippen LogP contribution is 2.24. The molecule has 32 heavy (non-hydrogen) atoms. The number of hydrogen-bond acceptors (Lipinski definition) is 9. The molecule has 0 spiro atoms. The van der Waals surface area contributed by atoms with E-state index in [9.17, 15) is 18.3 Å². The Bertz CT molecular complexity index is 976. The maximum absolute atomic E-state index is 12.9. The van der Waals surface area contributed by atoms with E-state index in [0.717, 1.165) is 16.4 Å². The third-order valence-electron chi connectivity index (χ3n) is 4.38. The molecular formula is C22H33N3O6S. The highest BCUT2D eigenvalue weighted by molar-refractivity contribution is 7.97. The van der Waals surface area contributed by atoms with Gasteiger partial charge >= 0.3 is 5.97 Å². The topological polar surface area (TPSA) is 108 Å². The van der Waals surface area contributed by atoms with Crippen molar-refractivity contribution in [2.24, 2.45) is 0 Å². The van der Waals surface area contributed by atoms with Crippen molar-refractivity contribution in [2.45, 2.75) is 45.2 Å². The minimum atomic E-state index is -3.52. The number of likely N-dealkylation sites (N-methyl/N-ethyl adjacent to an activating group) is 1. The van der Waals surface area contributed by atoms with Crippen molar-refractivity contribution in [1.29, 1.82) is 0 Å². The van der Waals surface area contributed by atoms with E-state index in [2.05, 4.69) is 5.32 Å². The maximum atomic E-state index is 12.9. The lowest BCUT2D eigenvalue weighted by atomic mass is 10.0. The summed E-state index contributed by atoms with van der Waals surface area (Å²) in [7, 11) is 3.31. The predicted octanol–water partition coefficient (Wildman–Crippen LogP) is 1.42. The van der Waals surface area contributed by atoms with Crippen LogP contribution in [0.4, 0.5) is 0 Å². The van der Waals surface area contributed by atoms with Gasteiger partial charge in [-0.25, -0.2) is 13.2 Å². The third-order valence-corrected chi connectivity index (χ3v) is 5.50. The summed E-state index contributed by atoms with van der Waals surface area (Å²) < 4.78 is 35.2. The van der Waals surface area contributed by atoms with Gasteiger partial charge in [-0.15, -0.1) is 0 Å². The molecule has 1 aromatic carbocycles. The molecule has 0 radical (unpaired) electrons. The molecular weight excluding hydrogens is 434 g/mol. The Morgan fingerprint density at radius 1 is 1.09 bits per heavy atom. The van der Waals surface area contributed by atoms with Crippen LogP contribution in [0.25, 0.3) is 0 Å². The first-order valence-corrected chi connectivity index (χ1v) is 11.7. The van der Waals surface area contributed by atoms with Crippen LogP contribution in [0.2, 0.25) is 0 Å². The van der Waals surface area contributed by atoms with Gasteiger partial charge in [0.05, 0.1) is 22.2 Å². The van der Waals surface area contributed by atoms with Crippen LogP contribution in [0.15, 0.2) is 46.5 Å². The normalized spacial score (nSPS) is 17.3. The van der Waals surface area contributed by atoms with Crippen molar-refractivity contribution in [2.75, 3.05) is 28.2 Å². The second-order valence-corrected chi connectivity index (χ2v) is 10.7. The van der Waals surface area contributed by atoms with Crippen LogP contribution in [0.1, 0.15) is 26.3 Å². The Morgan fingerprint density at radius 3 is 2.19 bits per heavy atom. The molecule has 0 aromatic heterocycles. The molecule has 1 aromatic rings. The Hall–Kier alpha value is -2.56. The molecule has 0 fully saturated rings. The monoisotopic (exact) mass is 467 g/mol. The number of rotatable bonds is 9. The lowest BCUT2D eigenvalue weighted by molar-refractivity contribution is -0.157. The number of ether oxygens (including phenoxy) is 2. The Morgan fingerprint density at radius 2 is 1.69 bits per heavy atom. The Labute approximate surface area is 190 Å². The molecule has 0 amide bonds. The summed E-state index contributed by atoms with van der Waals surface area (Å²) >= 11 is 0. The van der Waals surface area contributed by atoms with Crippen LogP contribution < -0.4 is 10.1 Å². The SMILES string of the molecule is CN(C)C1=CS(=O)(=O)C=C1N[C@@H](Cc1ccc(OC(O)N(C)C)cc1)C(=O)OC(C)(C)C. The van der Waals surface area contributed by atoms with E-state index < -0.39 is 33.9 Å². The van der Waals surface area contributed by atoms with Gasteiger partial charge in [-0.05, 0) is 52.6 Å². The van der Waals surface area contributed by atoms with Crippen molar-refractivity contribution >= 4 is 15.8 Å². The minimum absolute atomic E-state index is 0.253. The zero-order valence-corrected chi connectivity index (χ0v) is 20.4. The number of esters is 1. The average molecular weight is 468 g/mol. The van der Waals surface area contributed by atoms with Gasteiger partial charge in [0.1, 0.15) is 17.4 Å². The van der Waals surface area contributed by atoms with Crippen molar-refractivity contribution in [3.8, 4) is 5.75 Å². The van der Waals surface area contributed by atoms with Gasteiger partial charge in [-0.1, -0.05) is 12.1 Å². The molecule has 10 heteroatoms. The van der Waals surface area contributed by atoms with E-state index in [1.807, 2.05) is 0 Å². The molecule has 1 aliphatic rings. The summed E-state index contributed by atoms with van der Waals surface area (Å²) in [6.07, 6.45) is -0.826. The minimum Gasteiger partial charge on any atom is -0.458 e. The van der Waals surface area contributed by atoms with Crippen LogP contribution in [-0.4, -0.2) is 75.5 Å². The molecule has 0 aliphatic carbocycles. The predicted molar refractivity (Wildman–Crippen MR) is 122 cm³/mol. The van der Waals surface area contributed by atoms with Crippen molar-refractivity contribution in [3.05, 3.63) is 52.0 Å². The zero-order valence-electron chi connectivity index (χ0n) is 19.6.